The molecule has 11 rings (SSSR count). The molecule has 0 aliphatic carbocycles. The van der Waals surface area contributed by atoms with Gasteiger partial charge in [-0.05, 0) is 91.1 Å². The first-order valence-electron chi connectivity index (χ1n) is 26.7. The summed E-state index contributed by atoms with van der Waals surface area (Å²) in [6.45, 7) is 0. The molecule has 0 saturated heterocycles. The van der Waals surface area contributed by atoms with Crippen molar-refractivity contribution in [2.24, 2.45) is 0 Å². The van der Waals surface area contributed by atoms with Crippen LogP contribution in [-0.2, 0) is 0 Å². The molecule has 0 unspecified atom stereocenters. The molecule has 10 aromatic carbocycles. The van der Waals surface area contributed by atoms with Crippen LogP contribution in [0.4, 0.5) is 17.1 Å². The Morgan fingerprint density at radius 2 is 1.14 bits per heavy atom. The average Bonchev–Trinajstić information content (AvgIpc) is 3.56. The third kappa shape index (κ3) is 5.26. The lowest BCUT2D eigenvalue weighted by Gasteiger charge is -2.30. The van der Waals surface area contributed by atoms with E-state index in [9.17, 15) is 11.0 Å². The largest absolute Gasteiger partial charge is 0.454 e. The zero-order chi connectivity index (χ0) is 52.7. The van der Waals surface area contributed by atoms with Gasteiger partial charge >= 0.3 is 0 Å². The molecule has 0 bridgehead atoms. The number of para-hydroxylation sites is 1. The van der Waals surface area contributed by atoms with Crippen molar-refractivity contribution in [3.8, 4) is 56.0 Å². The molecule has 0 N–H and O–H groups in total. The van der Waals surface area contributed by atoms with E-state index in [1.165, 1.54) is 6.07 Å². The Labute approximate surface area is 351 Å². The van der Waals surface area contributed by atoms with Gasteiger partial charge in [-0.2, -0.15) is 0 Å². The minimum Gasteiger partial charge on any atom is -0.454 e. The van der Waals surface area contributed by atoms with Crippen molar-refractivity contribution in [1.29, 1.82) is 0 Å². The summed E-state index contributed by atoms with van der Waals surface area (Å²) < 4.78 is 171. The molecule has 0 atom stereocenters. The summed E-state index contributed by atoms with van der Waals surface area (Å²) >= 11 is 0. The van der Waals surface area contributed by atoms with Gasteiger partial charge in [-0.25, -0.2) is 0 Å². The molecule has 1 aliphatic rings. The molecular formula is C54H35NO. The van der Waals surface area contributed by atoms with E-state index in [4.69, 9.17) is 18.4 Å². The molecule has 1 heterocycles. The standard InChI is InChI=1S/C54H35NO/c1-3-14-36(15-4-1)38-26-30-42(31-27-38)55(51-35-41-19-8-9-20-43(41)45-22-11-12-23-46(45)51)50-25-13-24-48-53-44-21-10-7-18-39(44)28-32-47(53)49-34-40(37-16-5-2-6-17-37)29-33-52(49)56-54(48)50/h1-35H/i1D,3D,4D,8D,9D,11D,12D,14D,15D,19D,20D,22D,23D,26D,27D,30D,31D,35D. The smallest absolute Gasteiger partial charge is 0.159 e. The summed E-state index contributed by atoms with van der Waals surface area (Å²) in [5.41, 5.74) is 1.63. The van der Waals surface area contributed by atoms with Gasteiger partial charge in [-0.15, -0.1) is 0 Å². The predicted molar refractivity (Wildman–Crippen MR) is 235 cm³/mol. The zero-order valence-electron chi connectivity index (χ0n) is 47.2. The van der Waals surface area contributed by atoms with Crippen molar-refractivity contribution in [3.05, 3.63) is 212 Å². The van der Waals surface area contributed by atoms with Crippen LogP contribution in [0.3, 0.4) is 0 Å². The lowest BCUT2D eigenvalue weighted by Crippen LogP contribution is -2.12. The number of benzene rings is 10. The number of anilines is 3. The highest BCUT2D eigenvalue weighted by Gasteiger charge is 2.29. The van der Waals surface area contributed by atoms with E-state index in [1.54, 1.807) is 18.2 Å². The molecular weight excluding hydrogens is 679 g/mol. The zero-order valence-corrected chi connectivity index (χ0v) is 29.2. The summed E-state index contributed by atoms with van der Waals surface area (Å²) in [6, 6.07) is 17.4. The fraction of sp³-hybridized carbons (Fsp3) is 0. The Morgan fingerprint density at radius 3 is 2.00 bits per heavy atom. The molecule has 56 heavy (non-hydrogen) atoms. The van der Waals surface area contributed by atoms with E-state index < -0.39 is 153 Å². The summed E-state index contributed by atoms with van der Waals surface area (Å²) in [6.07, 6.45) is 0. The molecule has 0 aromatic heterocycles. The van der Waals surface area contributed by atoms with Gasteiger partial charge in [-0.3, -0.25) is 0 Å². The highest BCUT2D eigenvalue weighted by molar-refractivity contribution is 6.15. The van der Waals surface area contributed by atoms with E-state index >= 15 is 0 Å². The summed E-state index contributed by atoms with van der Waals surface area (Å²) in [5.74, 6) is 0.320. The van der Waals surface area contributed by atoms with Crippen molar-refractivity contribution in [3.63, 3.8) is 0 Å². The molecule has 10 aromatic rings. The number of hydrogen-bond donors (Lipinski definition) is 0. The Bertz CT molecular complexity index is 4110. The minimum absolute atomic E-state index is 0.00585. The van der Waals surface area contributed by atoms with Crippen molar-refractivity contribution in [2.75, 3.05) is 4.90 Å². The maximum atomic E-state index is 10.1. The number of hydrogen-bond acceptors (Lipinski definition) is 2. The van der Waals surface area contributed by atoms with Crippen LogP contribution in [0.2, 0.25) is 0 Å². The van der Waals surface area contributed by atoms with Crippen LogP contribution < -0.4 is 9.64 Å². The fourth-order valence-corrected chi connectivity index (χ4v) is 7.43. The van der Waals surface area contributed by atoms with Gasteiger partial charge in [0.1, 0.15) is 5.75 Å². The molecule has 2 nitrogen and oxygen atoms in total. The number of rotatable bonds is 5. The van der Waals surface area contributed by atoms with E-state index in [-0.39, 0.29) is 11.4 Å². The second-order valence-electron chi connectivity index (χ2n) is 13.1. The minimum atomic E-state index is -0.888. The third-order valence-electron chi connectivity index (χ3n) is 9.94. The van der Waals surface area contributed by atoms with Crippen LogP contribution in [-0.4, -0.2) is 0 Å². The van der Waals surface area contributed by atoms with Gasteiger partial charge in [0.25, 0.3) is 0 Å². The Hall–Kier alpha value is -7.42. The molecule has 0 fully saturated rings. The van der Waals surface area contributed by atoms with Crippen LogP contribution >= 0.6 is 0 Å². The molecule has 262 valence electrons. The van der Waals surface area contributed by atoms with Gasteiger partial charge < -0.3 is 9.64 Å². The van der Waals surface area contributed by atoms with Crippen molar-refractivity contribution in [1.82, 2.24) is 0 Å². The predicted octanol–water partition coefficient (Wildman–Crippen LogP) is 15.4. The van der Waals surface area contributed by atoms with Gasteiger partial charge in [0.15, 0.2) is 5.75 Å². The highest BCUT2D eigenvalue weighted by atomic mass is 16.5. The van der Waals surface area contributed by atoms with Gasteiger partial charge in [0, 0.05) is 27.8 Å². The molecule has 2 heteroatoms. The van der Waals surface area contributed by atoms with E-state index in [0.717, 1.165) is 32.4 Å². The Kier molecular flexibility index (Phi) is 4.41. The topological polar surface area (TPSA) is 12.5 Å². The SMILES string of the molecule is [2H]c1c([2H])c([2H])c(-c2c([2H])c([2H])c(N(c3cccc4c3Oc3ccc(-c5ccccc5)cc3-c3ccc5ccccc5c3-4)c3c([2H])c4c([2H])c([2H])c([2H])c([2H])c4c4c([2H])c([2H])c([2H])c([2H])c34)c([2H])c2[2H])c([2H])c1[2H]. The maximum Gasteiger partial charge on any atom is 0.159 e. The van der Waals surface area contributed by atoms with Crippen LogP contribution in [0.1, 0.15) is 24.7 Å². The van der Waals surface area contributed by atoms with Gasteiger partial charge in [-0.1, -0.05) is 176 Å². The number of fused-ring (bicyclic) bond motifs is 10. The molecule has 0 amide bonds. The number of ether oxygens (including phenoxy) is 1. The first-order chi connectivity index (χ1) is 35.3. The Morgan fingerprint density at radius 1 is 0.411 bits per heavy atom. The summed E-state index contributed by atoms with van der Waals surface area (Å²) in [4.78, 5) is 1.07. The normalized spacial score (nSPS) is 16.2. The lowest BCUT2D eigenvalue weighted by molar-refractivity contribution is 0.489. The number of nitrogens with zero attached hydrogens (tertiary/aromatic N) is 1. The van der Waals surface area contributed by atoms with Gasteiger partial charge in [0.05, 0.1) is 36.0 Å². The second kappa shape index (κ2) is 13.2. The first-order valence-corrected chi connectivity index (χ1v) is 17.7. The van der Waals surface area contributed by atoms with Gasteiger partial charge in [0.2, 0.25) is 0 Å². The van der Waals surface area contributed by atoms with E-state index in [0.29, 0.717) is 22.4 Å². The second-order valence-corrected chi connectivity index (χ2v) is 13.1. The van der Waals surface area contributed by atoms with Crippen molar-refractivity contribution in [2.45, 2.75) is 0 Å². The van der Waals surface area contributed by atoms with E-state index in [2.05, 4.69) is 0 Å². The van der Waals surface area contributed by atoms with E-state index in [1.807, 2.05) is 78.9 Å². The molecule has 0 saturated carbocycles. The maximum absolute atomic E-state index is 10.1. The average molecular weight is 732 g/mol. The van der Waals surface area contributed by atoms with Crippen LogP contribution in [0.5, 0.6) is 11.5 Å². The van der Waals surface area contributed by atoms with Crippen molar-refractivity contribution < 1.29 is 29.4 Å². The van der Waals surface area contributed by atoms with Crippen LogP contribution in [0.25, 0.3) is 76.8 Å². The summed E-state index contributed by atoms with van der Waals surface area (Å²) in [5, 5.41) is -0.199. The molecule has 0 spiro atoms. The lowest BCUT2D eigenvalue weighted by atomic mass is 9.88. The van der Waals surface area contributed by atoms with Crippen molar-refractivity contribution >= 4 is 49.4 Å². The quantitative estimate of drug-likeness (QED) is 0.163. The Balaban J connectivity index is 1.35. The monoisotopic (exact) mass is 731 g/mol. The first kappa shape index (κ1) is 18.8. The highest BCUT2D eigenvalue weighted by Crippen LogP contribution is 2.55. The fourth-order valence-electron chi connectivity index (χ4n) is 7.43. The summed E-state index contributed by atoms with van der Waals surface area (Å²) in [7, 11) is 0. The van der Waals surface area contributed by atoms with Crippen LogP contribution in [0, 0.1) is 0 Å². The molecule has 0 radical (unpaired) electrons. The molecule has 1 aliphatic heterocycles. The van der Waals surface area contributed by atoms with Crippen LogP contribution in [0.15, 0.2) is 212 Å². The third-order valence-corrected chi connectivity index (χ3v) is 9.94.